The molecule has 0 aromatic rings. The van der Waals surface area contributed by atoms with Crippen LogP contribution in [-0.4, -0.2) is 31.2 Å². The Morgan fingerprint density at radius 1 is 1.65 bits per heavy atom. The molecule has 0 heterocycles. The molecule has 17 heavy (non-hydrogen) atoms. The van der Waals surface area contributed by atoms with Gasteiger partial charge in [0.05, 0.1) is 6.61 Å². The number of hydrogen-bond donors (Lipinski definition) is 1. The van der Waals surface area contributed by atoms with E-state index in [4.69, 9.17) is 10.3 Å². The fourth-order valence-corrected chi connectivity index (χ4v) is 1.84. The van der Waals surface area contributed by atoms with E-state index >= 15 is 0 Å². The highest BCUT2D eigenvalue weighted by molar-refractivity contribution is 5.80. The molecule has 0 aromatic carbocycles. The van der Waals surface area contributed by atoms with Crippen molar-refractivity contribution in [1.29, 1.82) is 0 Å². The quantitative estimate of drug-likeness (QED) is 0.231. The van der Waals surface area contributed by atoms with Gasteiger partial charge in [0.2, 0.25) is 0 Å². The number of esters is 1. The first-order chi connectivity index (χ1) is 8.12. The predicted octanol–water partition coefficient (Wildman–Crippen LogP) is 2.01. The summed E-state index contributed by atoms with van der Waals surface area (Å²) in [6.45, 7) is 4.88. The van der Waals surface area contributed by atoms with Crippen LogP contribution >= 0.6 is 0 Å². The maximum Gasteiger partial charge on any atom is 0.326 e. The second kappa shape index (κ2) is 6.47. The predicted molar refractivity (Wildman–Crippen MR) is 64.4 cm³/mol. The summed E-state index contributed by atoms with van der Waals surface area (Å²) in [6.07, 6.45) is 3.17. The smallest absolute Gasteiger partial charge is 0.326 e. The molecule has 1 unspecified atom stereocenters. The van der Waals surface area contributed by atoms with Crippen LogP contribution in [0, 0.1) is 5.92 Å². The number of carbonyl (C=O) groups excluding carboxylic acids is 1. The molecule has 0 spiro atoms. The molecule has 1 aliphatic rings. The summed E-state index contributed by atoms with van der Waals surface area (Å²) in [4.78, 5) is 14.6. The summed E-state index contributed by atoms with van der Waals surface area (Å²) in [5.74, 6) is 0.407. The fraction of sp³-hybridized carbons (Fsp3) is 0.909. The van der Waals surface area contributed by atoms with Crippen molar-refractivity contribution >= 4 is 5.97 Å². The van der Waals surface area contributed by atoms with E-state index in [0.29, 0.717) is 25.6 Å². The van der Waals surface area contributed by atoms with Crippen molar-refractivity contribution in [3.05, 3.63) is 10.4 Å². The van der Waals surface area contributed by atoms with Crippen molar-refractivity contribution in [3.8, 4) is 0 Å². The molecule has 0 radical (unpaired) electrons. The molecule has 0 saturated heterocycles. The van der Waals surface area contributed by atoms with Gasteiger partial charge in [0.1, 0.15) is 5.54 Å². The third-order valence-corrected chi connectivity index (χ3v) is 2.91. The SMILES string of the molecule is CCOC(=O)C(C)(CC1CC1)NCCN=[N+]=[N-]. The van der Waals surface area contributed by atoms with Gasteiger partial charge in [-0.05, 0) is 31.7 Å². The molecule has 1 rings (SSSR count). The summed E-state index contributed by atoms with van der Waals surface area (Å²) >= 11 is 0. The number of nitrogens with one attached hydrogen (secondary N) is 1. The van der Waals surface area contributed by atoms with Gasteiger partial charge in [-0.3, -0.25) is 4.79 Å². The minimum Gasteiger partial charge on any atom is -0.465 e. The van der Waals surface area contributed by atoms with Crippen LogP contribution in [0.25, 0.3) is 10.4 Å². The Hall–Kier alpha value is -1.26. The van der Waals surface area contributed by atoms with E-state index in [0.717, 1.165) is 6.42 Å². The lowest BCUT2D eigenvalue weighted by molar-refractivity contribution is -0.151. The van der Waals surface area contributed by atoms with Gasteiger partial charge < -0.3 is 10.1 Å². The van der Waals surface area contributed by atoms with E-state index in [-0.39, 0.29) is 5.97 Å². The molecule has 0 amide bonds. The summed E-state index contributed by atoms with van der Waals surface area (Å²) < 4.78 is 5.09. The Morgan fingerprint density at radius 3 is 2.88 bits per heavy atom. The highest BCUT2D eigenvalue weighted by atomic mass is 16.5. The van der Waals surface area contributed by atoms with Gasteiger partial charge >= 0.3 is 5.97 Å². The highest BCUT2D eigenvalue weighted by Crippen LogP contribution is 2.37. The molecule has 6 heteroatoms. The van der Waals surface area contributed by atoms with E-state index in [1.165, 1.54) is 12.8 Å². The third-order valence-electron chi connectivity index (χ3n) is 2.91. The lowest BCUT2D eigenvalue weighted by Gasteiger charge is -2.28. The van der Waals surface area contributed by atoms with Crippen molar-refractivity contribution in [2.75, 3.05) is 19.7 Å². The first kappa shape index (κ1) is 13.8. The molecular weight excluding hydrogens is 220 g/mol. The zero-order valence-electron chi connectivity index (χ0n) is 10.5. The monoisotopic (exact) mass is 240 g/mol. The Labute approximate surface area is 101 Å². The van der Waals surface area contributed by atoms with Crippen molar-refractivity contribution in [1.82, 2.24) is 5.32 Å². The number of hydrogen-bond acceptors (Lipinski definition) is 4. The standard InChI is InChI=1S/C11H20N4O2/c1-3-17-10(16)11(2,8-9-4-5-9)13-6-7-14-15-12/h9,13H,3-8H2,1-2H3. The molecule has 1 aliphatic carbocycles. The maximum absolute atomic E-state index is 11.9. The van der Waals surface area contributed by atoms with Gasteiger partial charge in [-0.1, -0.05) is 18.0 Å². The Morgan fingerprint density at radius 2 is 2.35 bits per heavy atom. The molecule has 0 bridgehead atoms. The summed E-state index contributed by atoms with van der Waals surface area (Å²) in [5, 5.41) is 6.59. The van der Waals surface area contributed by atoms with E-state index in [1.807, 2.05) is 6.92 Å². The maximum atomic E-state index is 11.9. The summed E-state index contributed by atoms with van der Waals surface area (Å²) in [6, 6.07) is 0. The number of carbonyl (C=O) groups is 1. The molecule has 96 valence electrons. The third kappa shape index (κ3) is 4.63. The normalized spacial score (nSPS) is 18.0. The number of ether oxygens (including phenoxy) is 1. The molecular formula is C11H20N4O2. The lowest BCUT2D eigenvalue weighted by atomic mass is 9.94. The first-order valence-corrected chi connectivity index (χ1v) is 6.05. The van der Waals surface area contributed by atoms with Crippen LogP contribution in [0.2, 0.25) is 0 Å². The second-order valence-electron chi connectivity index (χ2n) is 4.58. The van der Waals surface area contributed by atoms with Gasteiger partial charge in [0.15, 0.2) is 0 Å². The summed E-state index contributed by atoms with van der Waals surface area (Å²) in [7, 11) is 0. The van der Waals surface area contributed by atoms with Crippen LogP contribution in [0.4, 0.5) is 0 Å². The van der Waals surface area contributed by atoms with Crippen LogP contribution in [0.15, 0.2) is 5.11 Å². The zero-order valence-corrected chi connectivity index (χ0v) is 10.5. The van der Waals surface area contributed by atoms with Crippen LogP contribution in [0.3, 0.4) is 0 Å². The van der Waals surface area contributed by atoms with Crippen molar-refractivity contribution in [2.24, 2.45) is 11.0 Å². The van der Waals surface area contributed by atoms with Gasteiger partial charge in [-0.25, -0.2) is 0 Å². The van der Waals surface area contributed by atoms with E-state index < -0.39 is 5.54 Å². The molecule has 0 aromatic heterocycles. The number of azide groups is 1. The largest absolute Gasteiger partial charge is 0.465 e. The van der Waals surface area contributed by atoms with Crippen LogP contribution < -0.4 is 5.32 Å². The van der Waals surface area contributed by atoms with Crippen LogP contribution in [0.5, 0.6) is 0 Å². The average molecular weight is 240 g/mol. The molecule has 6 nitrogen and oxygen atoms in total. The Balaban J connectivity index is 2.49. The average Bonchev–Trinajstić information content (AvgIpc) is 3.08. The Bertz CT molecular complexity index is 311. The topological polar surface area (TPSA) is 87.1 Å². The van der Waals surface area contributed by atoms with Gasteiger partial charge in [-0.2, -0.15) is 0 Å². The van der Waals surface area contributed by atoms with Gasteiger partial charge in [0, 0.05) is 18.0 Å². The first-order valence-electron chi connectivity index (χ1n) is 6.05. The number of nitrogens with zero attached hydrogens (tertiary/aromatic N) is 3. The van der Waals surface area contributed by atoms with Crippen molar-refractivity contribution < 1.29 is 9.53 Å². The fourth-order valence-electron chi connectivity index (χ4n) is 1.84. The zero-order chi connectivity index (χ0) is 12.7. The van der Waals surface area contributed by atoms with E-state index in [9.17, 15) is 4.79 Å². The lowest BCUT2D eigenvalue weighted by Crippen LogP contribution is -2.51. The molecule has 0 aliphatic heterocycles. The van der Waals surface area contributed by atoms with Gasteiger partial charge in [0.25, 0.3) is 0 Å². The second-order valence-corrected chi connectivity index (χ2v) is 4.58. The number of rotatable bonds is 8. The summed E-state index contributed by atoms with van der Waals surface area (Å²) in [5.41, 5.74) is 7.53. The van der Waals surface area contributed by atoms with Crippen LogP contribution in [-0.2, 0) is 9.53 Å². The minimum atomic E-state index is -0.651. The van der Waals surface area contributed by atoms with Gasteiger partial charge in [-0.15, -0.1) is 0 Å². The molecule has 1 fully saturated rings. The highest BCUT2D eigenvalue weighted by Gasteiger charge is 2.39. The van der Waals surface area contributed by atoms with Crippen LogP contribution in [0.1, 0.15) is 33.1 Å². The molecule has 1 saturated carbocycles. The Kier molecular flexibility index (Phi) is 5.25. The molecule has 1 N–H and O–H groups in total. The van der Waals surface area contributed by atoms with E-state index in [2.05, 4.69) is 15.3 Å². The van der Waals surface area contributed by atoms with Crippen molar-refractivity contribution in [3.63, 3.8) is 0 Å². The molecule has 1 atom stereocenters. The van der Waals surface area contributed by atoms with E-state index in [1.54, 1.807) is 6.92 Å². The minimum absolute atomic E-state index is 0.215. The van der Waals surface area contributed by atoms with Crippen molar-refractivity contribution in [2.45, 2.75) is 38.6 Å².